The van der Waals surface area contributed by atoms with Gasteiger partial charge < -0.3 is 14.8 Å². The third-order valence-electron chi connectivity index (χ3n) is 3.00. The molecule has 0 radical (unpaired) electrons. The van der Waals surface area contributed by atoms with Crippen LogP contribution in [0.25, 0.3) is 0 Å². The van der Waals surface area contributed by atoms with Crippen molar-refractivity contribution < 1.29 is 23.0 Å². The van der Waals surface area contributed by atoms with Crippen LogP contribution in [0.5, 0.6) is 17.5 Å². The second-order valence-electron chi connectivity index (χ2n) is 4.69. The monoisotopic (exact) mass is 323 g/mol. The number of aldehydes is 1. The number of nitrogens with zero attached hydrogens (tertiary/aromatic N) is 2. The Morgan fingerprint density at radius 2 is 1.91 bits per heavy atom. The lowest BCUT2D eigenvalue weighted by Crippen LogP contribution is -2.28. The molecule has 1 heterocycles. The van der Waals surface area contributed by atoms with Crippen molar-refractivity contribution in [3.05, 3.63) is 41.7 Å². The zero-order valence-electron chi connectivity index (χ0n) is 12.5. The van der Waals surface area contributed by atoms with Gasteiger partial charge in [-0.1, -0.05) is 0 Å². The van der Waals surface area contributed by atoms with Crippen molar-refractivity contribution in [3.8, 4) is 17.5 Å². The predicted octanol–water partition coefficient (Wildman–Crippen LogP) is 2.35. The van der Waals surface area contributed by atoms with E-state index < -0.39 is 11.6 Å². The third-order valence-corrected chi connectivity index (χ3v) is 3.00. The van der Waals surface area contributed by atoms with E-state index in [9.17, 15) is 13.6 Å². The Hall–Kier alpha value is -2.61. The first-order valence-corrected chi connectivity index (χ1v) is 6.78. The topological polar surface area (TPSA) is 73.3 Å². The van der Waals surface area contributed by atoms with Gasteiger partial charge in [-0.25, -0.2) is 14.4 Å². The predicted molar refractivity (Wildman–Crippen MR) is 77.9 cm³/mol. The van der Waals surface area contributed by atoms with Crippen LogP contribution in [0.15, 0.2) is 24.5 Å². The summed E-state index contributed by atoms with van der Waals surface area (Å²) in [7, 11) is 1.81. The molecular weight excluding hydrogens is 308 g/mol. The van der Waals surface area contributed by atoms with Gasteiger partial charge in [0.25, 0.3) is 0 Å². The maximum absolute atomic E-state index is 13.7. The van der Waals surface area contributed by atoms with Gasteiger partial charge in [-0.15, -0.1) is 0 Å². The third kappa shape index (κ3) is 4.19. The standard InChI is InChI=1S/C15H15F2N3O3/c1-9(18-2)8-22-12-5-20-13(6-19-12)23-11-4-3-10(7-21)14(16)15(11)17/h3-7,9,18H,8H2,1-2H3. The Bertz CT molecular complexity index is 680. The van der Waals surface area contributed by atoms with E-state index in [2.05, 4.69) is 15.3 Å². The van der Waals surface area contributed by atoms with Gasteiger partial charge in [-0.3, -0.25) is 4.79 Å². The van der Waals surface area contributed by atoms with Crippen LogP contribution in [0.2, 0.25) is 0 Å². The average molecular weight is 323 g/mol. The van der Waals surface area contributed by atoms with E-state index in [1.807, 2.05) is 6.92 Å². The van der Waals surface area contributed by atoms with Crippen LogP contribution >= 0.6 is 0 Å². The van der Waals surface area contributed by atoms with E-state index in [0.717, 1.165) is 12.1 Å². The van der Waals surface area contributed by atoms with E-state index >= 15 is 0 Å². The summed E-state index contributed by atoms with van der Waals surface area (Å²) in [6, 6.07) is 2.40. The minimum Gasteiger partial charge on any atom is -0.475 e. The maximum Gasteiger partial charge on any atom is 0.238 e. The molecule has 0 fully saturated rings. The van der Waals surface area contributed by atoms with E-state index in [1.54, 1.807) is 7.05 Å². The largest absolute Gasteiger partial charge is 0.475 e. The molecule has 0 bridgehead atoms. The quantitative estimate of drug-likeness (QED) is 0.789. The number of nitrogens with one attached hydrogen (secondary N) is 1. The molecule has 0 amide bonds. The van der Waals surface area contributed by atoms with Gasteiger partial charge in [-0.2, -0.15) is 4.39 Å². The summed E-state index contributed by atoms with van der Waals surface area (Å²) in [4.78, 5) is 18.4. The molecule has 8 heteroatoms. The molecule has 0 saturated heterocycles. The first-order chi connectivity index (χ1) is 11.0. The maximum atomic E-state index is 13.7. The fraction of sp³-hybridized carbons (Fsp3) is 0.267. The smallest absolute Gasteiger partial charge is 0.238 e. The number of hydrogen-bond donors (Lipinski definition) is 1. The first kappa shape index (κ1) is 16.8. The summed E-state index contributed by atoms with van der Waals surface area (Å²) in [5.74, 6) is -2.68. The number of rotatable bonds is 7. The molecule has 1 atom stereocenters. The second-order valence-corrected chi connectivity index (χ2v) is 4.69. The highest BCUT2D eigenvalue weighted by Gasteiger charge is 2.15. The molecular formula is C15H15F2N3O3. The Morgan fingerprint density at radius 3 is 2.52 bits per heavy atom. The van der Waals surface area contributed by atoms with Crippen LogP contribution in [0, 0.1) is 11.6 Å². The van der Waals surface area contributed by atoms with E-state index in [1.165, 1.54) is 12.4 Å². The molecule has 1 unspecified atom stereocenters. The van der Waals surface area contributed by atoms with Gasteiger partial charge in [-0.05, 0) is 26.1 Å². The van der Waals surface area contributed by atoms with Crippen molar-refractivity contribution in [3.63, 3.8) is 0 Å². The van der Waals surface area contributed by atoms with Crippen LogP contribution in [-0.4, -0.2) is 36.0 Å². The molecule has 2 rings (SSSR count). The van der Waals surface area contributed by atoms with E-state index in [0.29, 0.717) is 6.61 Å². The molecule has 0 aliphatic carbocycles. The lowest BCUT2D eigenvalue weighted by molar-refractivity contribution is 0.111. The van der Waals surface area contributed by atoms with Gasteiger partial charge in [0.1, 0.15) is 6.61 Å². The van der Waals surface area contributed by atoms with Crippen molar-refractivity contribution in [2.45, 2.75) is 13.0 Å². The van der Waals surface area contributed by atoms with Gasteiger partial charge in [0.05, 0.1) is 18.0 Å². The normalized spacial score (nSPS) is 11.8. The Labute approximate surface area is 131 Å². The van der Waals surface area contributed by atoms with Crippen molar-refractivity contribution >= 4 is 6.29 Å². The van der Waals surface area contributed by atoms with Gasteiger partial charge in [0.2, 0.25) is 17.6 Å². The summed E-state index contributed by atoms with van der Waals surface area (Å²) < 4.78 is 37.7. The van der Waals surface area contributed by atoms with Gasteiger partial charge >= 0.3 is 0 Å². The number of benzene rings is 1. The lowest BCUT2D eigenvalue weighted by atomic mass is 10.2. The number of aromatic nitrogens is 2. The summed E-state index contributed by atoms with van der Waals surface area (Å²) in [5.41, 5.74) is -0.386. The number of likely N-dealkylation sites (N-methyl/N-ethyl adjacent to an activating group) is 1. The Kier molecular flexibility index (Phi) is 5.53. The molecule has 2 aromatic rings. The summed E-state index contributed by atoms with van der Waals surface area (Å²) in [6.07, 6.45) is 2.76. The molecule has 122 valence electrons. The zero-order valence-corrected chi connectivity index (χ0v) is 12.5. The number of carbonyl (C=O) groups excluding carboxylic acids is 1. The van der Waals surface area contributed by atoms with Crippen molar-refractivity contribution in [2.24, 2.45) is 0 Å². The highest BCUT2D eigenvalue weighted by molar-refractivity contribution is 5.75. The summed E-state index contributed by atoms with van der Waals surface area (Å²) in [5, 5.41) is 3.00. The fourth-order valence-corrected chi connectivity index (χ4v) is 1.55. The Balaban J connectivity index is 2.06. The minimum atomic E-state index is -1.27. The first-order valence-electron chi connectivity index (χ1n) is 6.78. The van der Waals surface area contributed by atoms with Crippen LogP contribution in [0.1, 0.15) is 17.3 Å². The second kappa shape index (κ2) is 7.59. The van der Waals surface area contributed by atoms with Gasteiger partial charge in [0, 0.05) is 6.04 Å². The number of halogens is 2. The Morgan fingerprint density at radius 1 is 1.22 bits per heavy atom. The lowest BCUT2D eigenvalue weighted by Gasteiger charge is -2.11. The van der Waals surface area contributed by atoms with Crippen LogP contribution in [0.3, 0.4) is 0 Å². The highest BCUT2D eigenvalue weighted by atomic mass is 19.2. The molecule has 1 N–H and O–H groups in total. The van der Waals surface area contributed by atoms with Crippen LogP contribution in [-0.2, 0) is 0 Å². The van der Waals surface area contributed by atoms with Crippen molar-refractivity contribution in [1.82, 2.24) is 15.3 Å². The van der Waals surface area contributed by atoms with Crippen molar-refractivity contribution in [2.75, 3.05) is 13.7 Å². The SMILES string of the molecule is CNC(C)COc1cnc(Oc2ccc(C=O)c(F)c2F)cn1. The van der Waals surface area contributed by atoms with E-state index in [-0.39, 0.29) is 35.4 Å². The minimum absolute atomic E-state index is 0.0313. The molecule has 1 aromatic heterocycles. The number of ether oxygens (including phenoxy) is 2. The molecule has 0 spiro atoms. The zero-order chi connectivity index (χ0) is 16.8. The summed E-state index contributed by atoms with van der Waals surface area (Å²) >= 11 is 0. The van der Waals surface area contributed by atoms with Crippen molar-refractivity contribution in [1.29, 1.82) is 0 Å². The highest BCUT2D eigenvalue weighted by Crippen LogP contribution is 2.26. The van der Waals surface area contributed by atoms with E-state index in [4.69, 9.17) is 9.47 Å². The molecule has 0 aliphatic rings. The number of carbonyl (C=O) groups is 1. The molecule has 1 aromatic carbocycles. The summed E-state index contributed by atoms with van der Waals surface area (Å²) in [6.45, 7) is 2.34. The van der Waals surface area contributed by atoms with Crippen LogP contribution in [0.4, 0.5) is 8.78 Å². The molecule has 6 nitrogen and oxygen atoms in total. The molecule has 0 saturated carbocycles. The van der Waals surface area contributed by atoms with Crippen LogP contribution < -0.4 is 14.8 Å². The number of hydrogen-bond acceptors (Lipinski definition) is 6. The average Bonchev–Trinajstić information content (AvgIpc) is 2.58. The molecule has 23 heavy (non-hydrogen) atoms. The molecule has 0 aliphatic heterocycles. The van der Waals surface area contributed by atoms with Gasteiger partial charge in [0.15, 0.2) is 17.9 Å². The fourth-order valence-electron chi connectivity index (χ4n) is 1.55.